The highest BCUT2D eigenvalue weighted by molar-refractivity contribution is 9.10. The number of alkyl halides is 6. The lowest BCUT2D eigenvalue weighted by Crippen LogP contribution is -2.33. The standard InChI is InChI=1S/C10H9Br2F5N2/c11-1-2-19(5-8(13)14)9-7(10(15,16)17)3-6(12)4-18-9/h3-4,8H,1-2,5H2. The summed E-state index contributed by atoms with van der Waals surface area (Å²) in [6.07, 6.45) is -6.25. The molecule has 1 heterocycles. The Hall–Kier alpha value is -0.440. The van der Waals surface area contributed by atoms with Gasteiger partial charge in [-0.3, -0.25) is 0 Å². The molecule has 0 saturated heterocycles. The highest BCUT2D eigenvalue weighted by Gasteiger charge is 2.36. The summed E-state index contributed by atoms with van der Waals surface area (Å²) >= 11 is 5.91. The Kier molecular flexibility index (Phi) is 5.97. The molecule has 1 aromatic rings. The number of aromatic nitrogens is 1. The molecule has 0 saturated carbocycles. The number of anilines is 1. The predicted molar refractivity (Wildman–Crippen MR) is 69.0 cm³/mol. The molecule has 108 valence electrons. The lowest BCUT2D eigenvalue weighted by Gasteiger charge is -2.25. The van der Waals surface area contributed by atoms with E-state index >= 15 is 0 Å². The van der Waals surface area contributed by atoms with Crippen LogP contribution in [-0.2, 0) is 6.18 Å². The number of hydrogen-bond donors (Lipinski definition) is 0. The fraction of sp³-hybridized carbons (Fsp3) is 0.500. The second-order valence-corrected chi connectivity index (χ2v) is 5.26. The summed E-state index contributed by atoms with van der Waals surface area (Å²) in [7, 11) is 0. The van der Waals surface area contributed by atoms with Crippen LogP contribution < -0.4 is 4.90 Å². The summed E-state index contributed by atoms with van der Waals surface area (Å²) in [6, 6.07) is 0.828. The van der Waals surface area contributed by atoms with E-state index in [1.165, 1.54) is 0 Å². The van der Waals surface area contributed by atoms with Crippen molar-refractivity contribution in [3.05, 3.63) is 22.3 Å². The largest absolute Gasteiger partial charge is 0.419 e. The molecule has 0 aliphatic carbocycles. The topological polar surface area (TPSA) is 16.1 Å². The van der Waals surface area contributed by atoms with Gasteiger partial charge < -0.3 is 4.90 Å². The molecule has 0 fully saturated rings. The van der Waals surface area contributed by atoms with Crippen LogP contribution in [0.15, 0.2) is 16.7 Å². The minimum absolute atomic E-state index is 0.00204. The first-order valence-electron chi connectivity index (χ1n) is 5.07. The van der Waals surface area contributed by atoms with Gasteiger partial charge in [0.2, 0.25) is 0 Å². The highest BCUT2D eigenvalue weighted by Crippen LogP contribution is 2.37. The zero-order valence-electron chi connectivity index (χ0n) is 9.39. The molecule has 0 unspecified atom stereocenters. The van der Waals surface area contributed by atoms with Gasteiger partial charge in [-0.1, -0.05) is 15.9 Å². The summed E-state index contributed by atoms with van der Waals surface area (Å²) in [6.45, 7) is -0.800. The van der Waals surface area contributed by atoms with Crippen LogP contribution in [0.1, 0.15) is 5.56 Å². The van der Waals surface area contributed by atoms with Crippen LogP contribution >= 0.6 is 31.9 Å². The Balaban J connectivity index is 3.21. The fourth-order valence-corrected chi connectivity index (χ4v) is 2.20. The van der Waals surface area contributed by atoms with Crippen molar-refractivity contribution in [2.24, 2.45) is 0 Å². The van der Waals surface area contributed by atoms with E-state index in [0.29, 0.717) is 0 Å². The maximum atomic E-state index is 12.9. The van der Waals surface area contributed by atoms with Crippen molar-refractivity contribution in [3.63, 3.8) is 0 Å². The van der Waals surface area contributed by atoms with E-state index in [1.54, 1.807) is 0 Å². The van der Waals surface area contributed by atoms with Gasteiger partial charge in [0.05, 0.1) is 12.1 Å². The molecular formula is C10H9Br2F5N2. The molecule has 0 aliphatic rings. The van der Waals surface area contributed by atoms with E-state index in [9.17, 15) is 22.0 Å². The Labute approximate surface area is 123 Å². The van der Waals surface area contributed by atoms with E-state index in [2.05, 4.69) is 36.8 Å². The lowest BCUT2D eigenvalue weighted by atomic mass is 10.2. The molecule has 1 rings (SSSR count). The van der Waals surface area contributed by atoms with Crippen LogP contribution in [0.5, 0.6) is 0 Å². The minimum atomic E-state index is -4.65. The van der Waals surface area contributed by atoms with Crippen LogP contribution in [-0.4, -0.2) is 29.8 Å². The van der Waals surface area contributed by atoms with Gasteiger partial charge in [0.25, 0.3) is 6.43 Å². The Morgan fingerprint density at radius 3 is 2.42 bits per heavy atom. The zero-order chi connectivity index (χ0) is 14.6. The quantitative estimate of drug-likeness (QED) is 0.529. The van der Waals surface area contributed by atoms with Crippen LogP contribution in [0.25, 0.3) is 0 Å². The molecule has 0 spiro atoms. The number of halogens is 7. The van der Waals surface area contributed by atoms with Gasteiger partial charge in [0, 0.05) is 22.5 Å². The number of pyridine rings is 1. The molecule has 0 atom stereocenters. The van der Waals surface area contributed by atoms with E-state index in [4.69, 9.17) is 0 Å². The van der Waals surface area contributed by atoms with Crippen molar-refractivity contribution in [2.45, 2.75) is 12.6 Å². The maximum absolute atomic E-state index is 12.9. The van der Waals surface area contributed by atoms with Gasteiger partial charge in [-0.2, -0.15) is 13.2 Å². The average Bonchev–Trinajstić information content (AvgIpc) is 2.26. The molecule has 0 N–H and O–H groups in total. The van der Waals surface area contributed by atoms with Crippen molar-refractivity contribution < 1.29 is 22.0 Å². The fourth-order valence-electron chi connectivity index (χ4n) is 1.44. The van der Waals surface area contributed by atoms with Gasteiger partial charge >= 0.3 is 6.18 Å². The molecule has 1 aromatic heterocycles. The van der Waals surface area contributed by atoms with Crippen LogP contribution in [0, 0.1) is 0 Å². The van der Waals surface area contributed by atoms with Crippen molar-refractivity contribution >= 4 is 37.7 Å². The molecule has 0 amide bonds. The molecule has 0 aliphatic heterocycles. The molecule has 9 heteroatoms. The second-order valence-electron chi connectivity index (χ2n) is 3.55. The van der Waals surface area contributed by atoms with E-state index in [-0.39, 0.29) is 16.3 Å². The number of nitrogens with zero attached hydrogens (tertiary/aromatic N) is 2. The third kappa shape index (κ3) is 4.87. The molecule has 0 radical (unpaired) electrons. The average molecular weight is 412 g/mol. The maximum Gasteiger partial charge on any atom is 0.419 e. The summed E-state index contributed by atoms with van der Waals surface area (Å²) in [5.41, 5.74) is -1.04. The number of rotatable bonds is 5. The smallest absolute Gasteiger partial charge is 0.350 e. The first-order valence-corrected chi connectivity index (χ1v) is 6.99. The lowest BCUT2D eigenvalue weighted by molar-refractivity contribution is -0.137. The summed E-state index contributed by atoms with van der Waals surface area (Å²) in [5.74, 6) is -0.490. The van der Waals surface area contributed by atoms with E-state index in [0.717, 1.165) is 17.2 Å². The van der Waals surface area contributed by atoms with Gasteiger partial charge in [-0.15, -0.1) is 0 Å². The monoisotopic (exact) mass is 410 g/mol. The van der Waals surface area contributed by atoms with Crippen molar-refractivity contribution in [1.29, 1.82) is 0 Å². The summed E-state index contributed by atoms with van der Waals surface area (Å²) < 4.78 is 63.6. The van der Waals surface area contributed by atoms with Crippen LogP contribution in [0.3, 0.4) is 0 Å². The number of hydrogen-bond acceptors (Lipinski definition) is 2. The first kappa shape index (κ1) is 16.6. The Morgan fingerprint density at radius 2 is 1.95 bits per heavy atom. The second kappa shape index (κ2) is 6.83. The minimum Gasteiger partial charge on any atom is -0.350 e. The van der Waals surface area contributed by atoms with Crippen molar-refractivity contribution in [1.82, 2.24) is 4.98 Å². The molecule has 0 aromatic carbocycles. The molecule has 2 nitrogen and oxygen atoms in total. The zero-order valence-corrected chi connectivity index (χ0v) is 12.6. The molecular weight excluding hydrogens is 403 g/mol. The Morgan fingerprint density at radius 1 is 1.32 bits per heavy atom. The molecule has 0 bridgehead atoms. The van der Waals surface area contributed by atoms with E-state index < -0.39 is 30.5 Å². The third-order valence-electron chi connectivity index (χ3n) is 2.15. The summed E-state index contributed by atoms with van der Waals surface area (Å²) in [4.78, 5) is 4.53. The van der Waals surface area contributed by atoms with Gasteiger partial charge in [0.15, 0.2) is 0 Å². The van der Waals surface area contributed by atoms with Gasteiger partial charge in [0.1, 0.15) is 5.82 Å². The first-order chi connectivity index (χ1) is 8.75. The summed E-state index contributed by atoms with van der Waals surface area (Å²) in [5, 5.41) is 0.259. The van der Waals surface area contributed by atoms with Crippen LogP contribution in [0.2, 0.25) is 0 Å². The van der Waals surface area contributed by atoms with Crippen LogP contribution in [0.4, 0.5) is 27.8 Å². The SMILES string of the molecule is FC(F)CN(CCBr)c1ncc(Br)cc1C(F)(F)F. The van der Waals surface area contributed by atoms with E-state index in [1.807, 2.05) is 0 Å². The van der Waals surface area contributed by atoms with Crippen molar-refractivity contribution in [2.75, 3.05) is 23.3 Å². The predicted octanol–water partition coefficient (Wildman–Crippen LogP) is 4.33. The Bertz CT molecular complexity index is 425. The van der Waals surface area contributed by atoms with Gasteiger partial charge in [-0.25, -0.2) is 13.8 Å². The van der Waals surface area contributed by atoms with Gasteiger partial charge in [-0.05, 0) is 22.0 Å². The van der Waals surface area contributed by atoms with Crippen molar-refractivity contribution in [3.8, 4) is 0 Å². The highest BCUT2D eigenvalue weighted by atomic mass is 79.9. The molecule has 19 heavy (non-hydrogen) atoms. The third-order valence-corrected chi connectivity index (χ3v) is 2.94. The normalized spacial score (nSPS) is 12.0.